The minimum absolute atomic E-state index is 0.0929. The average molecular weight is 435 g/mol. The van der Waals surface area contributed by atoms with E-state index in [4.69, 9.17) is 21.1 Å². The third kappa shape index (κ3) is 5.02. The molecule has 3 rings (SSSR count). The summed E-state index contributed by atoms with van der Waals surface area (Å²) in [5.41, 5.74) is 1.69. The first kappa shape index (κ1) is 21.9. The number of benzene rings is 2. The lowest BCUT2D eigenvalue weighted by atomic mass is 10.1. The second kappa shape index (κ2) is 9.80. The zero-order valence-corrected chi connectivity index (χ0v) is 17.7. The second-order valence-electron chi connectivity index (χ2n) is 6.89. The number of hydrogen-bond donors (Lipinski definition) is 0. The van der Waals surface area contributed by atoms with Crippen molar-refractivity contribution in [3.63, 3.8) is 0 Å². The van der Waals surface area contributed by atoms with E-state index < -0.39 is 5.82 Å². The van der Waals surface area contributed by atoms with E-state index in [-0.39, 0.29) is 42.8 Å². The number of ether oxygens (including phenoxy) is 2. The van der Waals surface area contributed by atoms with Gasteiger partial charge in [0.25, 0.3) is 0 Å². The lowest BCUT2D eigenvalue weighted by Crippen LogP contribution is -2.33. The number of methoxy groups -OCH3 is 1. The second-order valence-corrected chi connectivity index (χ2v) is 7.29. The molecule has 2 aromatic rings. The Morgan fingerprint density at radius 1 is 1.10 bits per heavy atom. The molecule has 0 unspecified atom stereocenters. The quantitative estimate of drug-likeness (QED) is 0.557. The molecule has 6 nitrogen and oxygen atoms in total. The highest BCUT2D eigenvalue weighted by Gasteiger charge is 2.28. The van der Waals surface area contributed by atoms with Crippen LogP contribution in [0.25, 0.3) is 0 Å². The van der Waals surface area contributed by atoms with E-state index in [1.165, 1.54) is 11.0 Å². The van der Waals surface area contributed by atoms with E-state index in [1.807, 2.05) is 24.0 Å². The molecule has 0 spiro atoms. The molecule has 0 saturated carbocycles. The van der Waals surface area contributed by atoms with Crippen LogP contribution in [0.4, 0.5) is 10.1 Å². The fraction of sp³-hybridized carbons (Fsp3) is 0.364. The number of carbonyl (C=O) groups is 2. The summed E-state index contributed by atoms with van der Waals surface area (Å²) < 4.78 is 25.0. The summed E-state index contributed by atoms with van der Waals surface area (Å²) in [6.07, 6.45) is 0.532. The van der Waals surface area contributed by atoms with Crippen molar-refractivity contribution >= 4 is 29.1 Å². The Hall–Kier alpha value is -2.80. The number of carbonyl (C=O) groups excluding carboxylic acids is 2. The molecule has 1 aliphatic rings. The number of hydrogen-bond acceptors (Lipinski definition) is 5. The van der Waals surface area contributed by atoms with Gasteiger partial charge in [-0.25, -0.2) is 4.39 Å². The third-order valence-electron chi connectivity index (χ3n) is 4.98. The van der Waals surface area contributed by atoms with Gasteiger partial charge in [-0.2, -0.15) is 0 Å². The van der Waals surface area contributed by atoms with Gasteiger partial charge in [0.2, 0.25) is 11.8 Å². The predicted octanol–water partition coefficient (Wildman–Crippen LogP) is 4.04. The van der Waals surface area contributed by atoms with Crippen molar-refractivity contribution in [1.82, 2.24) is 4.90 Å². The molecule has 160 valence electrons. The Kier molecular flexibility index (Phi) is 7.15. The zero-order valence-electron chi connectivity index (χ0n) is 17.0. The maximum Gasteiger partial charge on any atom is 0.229 e. The summed E-state index contributed by atoms with van der Waals surface area (Å²) in [5.74, 6) is 0.295. The van der Waals surface area contributed by atoms with Crippen LogP contribution in [0.3, 0.4) is 0 Å². The lowest BCUT2D eigenvalue weighted by molar-refractivity contribution is -0.138. The molecule has 2 amide bonds. The Labute approximate surface area is 180 Å². The van der Waals surface area contributed by atoms with Gasteiger partial charge in [0.15, 0.2) is 11.5 Å². The van der Waals surface area contributed by atoms with Crippen molar-refractivity contribution in [1.29, 1.82) is 0 Å². The molecule has 0 atom stereocenters. The number of halogens is 2. The van der Waals surface area contributed by atoms with Crippen LogP contribution < -0.4 is 14.4 Å². The van der Waals surface area contributed by atoms with Crippen LogP contribution in [0.5, 0.6) is 11.5 Å². The van der Waals surface area contributed by atoms with E-state index >= 15 is 0 Å². The van der Waals surface area contributed by atoms with E-state index in [0.29, 0.717) is 24.6 Å². The molecule has 0 radical (unpaired) electrons. The first-order valence-corrected chi connectivity index (χ1v) is 10.1. The maximum atomic E-state index is 13.8. The van der Waals surface area contributed by atoms with Crippen molar-refractivity contribution in [3.8, 4) is 11.5 Å². The molecular formula is C22H24ClFN2O4. The maximum absolute atomic E-state index is 13.8. The molecule has 0 N–H and O–H groups in total. The van der Waals surface area contributed by atoms with Gasteiger partial charge in [-0.3, -0.25) is 14.5 Å². The minimum Gasteiger partial charge on any atom is -0.493 e. The molecule has 0 bridgehead atoms. The van der Waals surface area contributed by atoms with Gasteiger partial charge in [0.1, 0.15) is 12.4 Å². The van der Waals surface area contributed by atoms with Gasteiger partial charge in [-0.05, 0) is 42.8 Å². The molecule has 0 aliphatic carbocycles. The van der Waals surface area contributed by atoms with Crippen LogP contribution in [0.2, 0.25) is 5.02 Å². The Bertz CT molecular complexity index is 921. The van der Waals surface area contributed by atoms with Crippen LogP contribution in [0.15, 0.2) is 36.4 Å². The van der Waals surface area contributed by atoms with Crippen molar-refractivity contribution in [2.75, 3.05) is 31.7 Å². The van der Waals surface area contributed by atoms with Gasteiger partial charge < -0.3 is 14.4 Å². The SMILES string of the molecule is CCN(Cc1ccc(OCCN2C(=O)CCC2=O)c(OC)c1)c1ccc(Cl)c(F)c1. The lowest BCUT2D eigenvalue weighted by Gasteiger charge is -2.24. The van der Waals surface area contributed by atoms with Crippen LogP contribution >= 0.6 is 11.6 Å². The number of rotatable bonds is 9. The van der Waals surface area contributed by atoms with E-state index in [0.717, 1.165) is 11.3 Å². The minimum atomic E-state index is -0.455. The van der Waals surface area contributed by atoms with Gasteiger partial charge >= 0.3 is 0 Å². The highest BCUT2D eigenvalue weighted by molar-refractivity contribution is 6.30. The molecule has 1 saturated heterocycles. The topological polar surface area (TPSA) is 59.1 Å². The van der Waals surface area contributed by atoms with Gasteiger partial charge in [-0.1, -0.05) is 17.7 Å². The van der Waals surface area contributed by atoms with E-state index in [9.17, 15) is 14.0 Å². The summed E-state index contributed by atoms with van der Waals surface area (Å²) in [6.45, 7) is 3.62. The molecule has 1 fully saturated rings. The molecule has 30 heavy (non-hydrogen) atoms. The Balaban J connectivity index is 1.66. The molecule has 1 aliphatic heterocycles. The van der Waals surface area contributed by atoms with E-state index in [2.05, 4.69) is 0 Å². The Morgan fingerprint density at radius 2 is 1.83 bits per heavy atom. The number of imide groups is 1. The fourth-order valence-corrected chi connectivity index (χ4v) is 3.45. The summed E-state index contributed by atoms with van der Waals surface area (Å²) >= 11 is 5.78. The third-order valence-corrected chi connectivity index (χ3v) is 5.29. The summed E-state index contributed by atoms with van der Waals surface area (Å²) in [4.78, 5) is 26.6. The number of anilines is 1. The fourth-order valence-electron chi connectivity index (χ4n) is 3.34. The summed E-state index contributed by atoms with van der Waals surface area (Å²) in [5, 5.41) is 0.0929. The number of amides is 2. The molecule has 0 aromatic heterocycles. The standard InChI is InChI=1S/C22H24ClFN2O4/c1-3-25(16-5-6-17(23)18(24)13-16)14-15-4-7-19(20(12-15)29-2)30-11-10-26-21(27)8-9-22(26)28/h4-7,12-13H,3,8-11,14H2,1-2H3. The molecule has 8 heteroatoms. The van der Waals surface area contributed by atoms with Crippen LogP contribution in [0.1, 0.15) is 25.3 Å². The van der Waals surface area contributed by atoms with Gasteiger partial charge in [-0.15, -0.1) is 0 Å². The highest BCUT2D eigenvalue weighted by Crippen LogP contribution is 2.30. The molecule has 1 heterocycles. The highest BCUT2D eigenvalue weighted by atomic mass is 35.5. The first-order valence-electron chi connectivity index (χ1n) is 9.75. The summed E-state index contributed by atoms with van der Waals surface area (Å²) in [7, 11) is 1.55. The van der Waals surface area contributed by atoms with E-state index in [1.54, 1.807) is 25.3 Å². The summed E-state index contributed by atoms with van der Waals surface area (Å²) in [6, 6.07) is 10.3. The van der Waals surface area contributed by atoms with Crippen molar-refractivity contribution in [2.45, 2.75) is 26.3 Å². The first-order chi connectivity index (χ1) is 14.4. The average Bonchev–Trinajstić information content (AvgIpc) is 3.06. The van der Waals surface area contributed by atoms with Crippen molar-refractivity contribution in [2.24, 2.45) is 0 Å². The monoisotopic (exact) mass is 434 g/mol. The van der Waals surface area contributed by atoms with Crippen LogP contribution in [0, 0.1) is 5.82 Å². The van der Waals surface area contributed by atoms with Crippen molar-refractivity contribution in [3.05, 3.63) is 52.8 Å². The zero-order chi connectivity index (χ0) is 21.7. The smallest absolute Gasteiger partial charge is 0.229 e. The molecule has 2 aromatic carbocycles. The number of likely N-dealkylation sites (tertiary alicyclic amines) is 1. The van der Waals surface area contributed by atoms with Crippen LogP contribution in [-0.4, -0.2) is 43.5 Å². The van der Waals surface area contributed by atoms with Crippen molar-refractivity contribution < 1.29 is 23.5 Å². The Morgan fingerprint density at radius 3 is 2.47 bits per heavy atom. The predicted molar refractivity (Wildman–Crippen MR) is 113 cm³/mol. The molecular weight excluding hydrogens is 411 g/mol. The van der Waals surface area contributed by atoms with Gasteiger partial charge in [0, 0.05) is 31.6 Å². The largest absolute Gasteiger partial charge is 0.493 e. The number of nitrogens with zero attached hydrogens (tertiary/aromatic N) is 2. The normalized spacial score (nSPS) is 13.7. The van der Waals surface area contributed by atoms with Crippen LogP contribution in [-0.2, 0) is 16.1 Å². The van der Waals surface area contributed by atoms with Gasteiger partial charge in [0.05, 0.1) is 18.7 Å².